The van der Waals surface area contributed by atoms with E-state index in [1.165, 1.54) is 6.20 Å². The zero-order valence-corrected chi connectivity index (χ0v) is 12.9. The lowest BCUT2D eigenvalue weighted by Crippen LogP contribution is -2.26. The van der Waals surface area contributed by atoms with Crippen LogP contribution >= 0.6 is 0 Å². The van der Waals surface area contributed by atoms with Crippen LogP contribution < -0.4 is 10.6 Å². The van der Waals surface area contributed by atoms with Crippen molar-refractivity contribution in [1.29, 1.82) is 0 Å². The Bertz CT molecular complexity index is 401. The van der Waals surface area contributed by atoms with Gasteiger partial charge in [-0.1, -0.05) is 27.7 Å². The molecule has 0 aromatic carbocycles. The zero-order valence-electron chi connectivity index (χ0n) is 12.9. The molecule has 0 unspecified atom stereocenters. The van der Waals surface area contributed by atoms with Gasteiger partial charge >= 0.3 is 0 Å². The van der Waals surface area contributed by atoms with Crippen molar-refractivity contribution in [1.82, 2.24) is 15.3 Å². The number of carbonyl (C=O) groups is 1. The summed E-state index contributed by atoms with van der Waals surface area (Å²) in [4.78, 5) is 20.1. The quantitative estimate of drug-likeness (QED) is 0.767. The molecule has 0 saturated heterocycles. The SMILES string of the molecule is CC(C)CCNC(=O)c1cnc(NCCC(C)C)cn1. The number of anilines is 1. The van der Waals surface area contributed by atoms with E-state index in [9.17, 15) is 4.79 Å². The van der Waals surface area contributed by atoms with Gasteiger partial charge in [-0.25, -0.2) is 9.97 Å². The molecule has 20 heavy (non-hydrogen) atoms. The Morgan fingerprint density at radius 1 is 1.05 bits per heavy atom. The Balaban J connectivity index is 2.39. The first-order chi connectivity index (χ1) is 9.49. The molecular weight excluding hydrogens is 252 g/mol. The van der Waals surface area contributed by atoms with Gasteiger partial charge < -0.3 is 10.6 Å². The van der Waals surface area contributed by atoms with Gasteiger partial charge in [-0.2, -0.15) is 0 Å². The molecule has 1 amide bonds. The van der Waals surface area contributed by atoms with Crippen LogP contribution in [0.3, 0.4) is 0 Å². The number of hydrogen-bond donors (Lipinski definition) is 2. The molecule has 1 aromatic rings. The van der Waals surface area contributed by atoms with Crippen molar-refractivity contribution < 1.29 is 4.79 Å². The fourth-order valence-corrected chi connectivity index (χ4v) is 1.59. The minimum atomic E-state index is -0.160. The van der Waals surface area contributed by atoms with Crippen molar-refractivity contribution in [3.8, 4) is 0 Å². The highest BCUT2D eigenvalue weighted by Crippen LogP contribution is 2.04. The third-order valence-electron chi connectivity index (χ3n) is 2.92. The van der Waals surface area contributed by atoms with Crippen LogP contribution in [0.4, 0.5) is 5.82 Å². The van der Waals surface area contributed by atoms with Gasteiger partial charge in [0.15, 0.2) is 0 Å². The highest BCUT2D eigenvalue weighted by Gasteiger charge is 2.07. The second kappa shape index (κ2) is 8.51. The third-order valence-corrected chi connectivity index (χ3v) is 2.92. The van der Waals surface area contributed by atoms with Crippen LogP contribution in [0, 0.1) is 11.8 Å². The summed E-state index contributed by atoms with van der Waals surface area (Å²) in [5.41, 5.74) is 0.364. The topological polar surface area (TPSA) is 66.9 Å². The maximum atomic E-state index is 11.8. The molecule has 0 radical (unpaired) electrons. The van der Waals surface area contributed by atoms with Crippen LogP contribution in [0.25, 0.3) is 0 Å². The molecule has 1 aromatic heterocycles. The van der Waals surface area contributed by atoms with E-state index in [2.05, 4.69) is 48.3 Å². The minimum absolute atomic E-state index is 0.160. The maximum absolute atomic E-state index is 11.8. The highest BCUT2D eigenvalue weighted by atomic mass is 16.1. The fourth-order valence-electron chi connectivity index (χ4n) is 1.59. The first-order valence-corrected chi connectivity index (χ1v) is 7.33. The van der Waals surface area contributed by atoms with Crippen LogP contribution in [0.2, 0.25) is 0 Å². The normalized spacial score (nSPS) is 10.9. The largest absolute Gasteiger partial charge is 0.369 e. The number of nitrogens with zero attached hydrogens (tertiary/aromatic N) is 2. The molecule has 112 valence electrons. The first kappa shape index (κ1) is 16.4. The van der Waals surface area contributed by atoms with E-state index < -0.39 is 0 Å². The summed E-state index contributed by atoms with van der Waals surface area (Å²) < 4.78 is 0. The van der Waals surface area contributed by atoms with Crippen LogP contribution in [-0.2, 0) is 0 Å². The summed E-state index contributed by atoms with van der Waals surface area (Å²) in [5, 5.41) is 6.04. The molecule has 0 saturated carbocycles. The molecule has 1 heterocycles. The van der Waals surface area contributed by atoms with Crippen LogP contribution in [0.1, 0.15) is 51.0 Å². The van der Waals surface area contributed by atoms with E-state index in [-0.39, 0.29) is 5.91 Å². The maximum Gasteiger partial charge on any atom is 0.271 e. The van der Waals surface area contributed by atoms with E-state index in [4.69, 9.17) is 0 Å². The molecular formula is C15H26N4O. The monoisotopic (exact) mass is 278 g/mol. The van der Waals surface area contributed by atoms with Crippen LogP contribution in [-0.4, -0.2) is 29.0 Å². The average Bonchev–Trinajstić information content (AvgIpc) is 2.38. The summed E-state index contributed by atoms with van der Waals surface area (Å²) in [6.07, 6.45) is 5.17. The number of nitrogens with one attached hydrogen (secondary N) is 2. The smallest absolute Gasteiger partial charge is 0.271 e. The fraction of sp³-hybridized carbons (Fsp3) is 0.667. The standard InChI is InChI=1S/C15H26N4O/c1-11(2)5-7-16-14-10-18-13(9-19-14)15(20)17-8-6-12(3)4/h9-12H,5-8H2,1-4H3,(H,16,19)(H,17,20). The Labute approximate surface area is 121 Å². The van der Waals surface area contributed by atoms with Gasteiger partial charge in [0.25, 0.3) is 5.91 Å². The highest BCUT2D eigenvalue weighted by molar-refractivity contribution is 5.91. The van der Waals surface area contributed by atoms with Gasteiger partial charge in [0.2, 0.25) is 0 Å². The summed E-state index contributed by atoms with van der Waals surface area (Å²) >= 11 is 0. The first-order valence-electron chi connectivity index (χ1n) is 7.33. The molecule has 0 spiro atoms. The molecule has 1 rings (SSSR count). The summed E-state index contributed by atoms with van der Waals surface area (Å²) in [7, 11) is 0. The van der Waals surface area contributed by atoms with Crippen molar-refractivity contribution >= 4 is 11.7 Å². The van der Waals surface area contributed by atoms with Crippen LogP contribution in [0.5, 0.6) is 0 Å². The molecule has 0 aliphatic rings. The Morgan fingerprint density at radius 3 is 2.25 bits per heavy atom. The van der Waals surface area contributed by atoms with E-state index >= 15 is 0 Å². The van der Waals surface area contributed by atoms with Gasteiger partial charge in [0, 0.05) is 13.1 Å². The molecule has 0 aliphatic heterocycles. The number of carbonyl (C=O) groups excluding carboxylic acids is 1. The number of hydrogen-bond acceptors (Lipinski definition) is 4. The van der Waals surface area contributed by atoms with Gasteiger partial charge in [-0.15, -0.1) is 0 Å². The average molecular weight is 278 g/mol. The van der Waals surface area contributed by atoms with Crippen LogP contribution in [0.15, 0.2) is 12.4 Å². The van der Waals surface area contributed by atoms with E-state index in [0.29, 0.717) is 29.9 Å². The Kier molecular flexibility index (Phi) is 6.98. The van der Waals surface area contributed by atoms with E-state index in [1.54, 1.807) is 6.20 Å². The molecule has 0 fully saturated rings. The lowest BCUT2D eigenvalue weighted by atomic mass is 10.1. The second-order valence-corrected chi connectivity index (χ2v) is 5.83. The molecule has 5 nitrogen and oxygen atoms in total. The summed E-state index contributed by atoms with van der Waals surface area (Å²) in [5.74, 6) is 1.78. The van der Waals surface area contributed by atoms with Crippen molar-refractivity contribution in [2.45, 2.75) is 40.5 Å². The molecule has 0 aliphatic carbocycles. The summed E-state index contributed by atoms with van der Waals surface area (Å²) in [6.45, 7) is 10.2. The Morgan fingerprint density at radius 2 is 1.70 bits per heavy atom. The Hall–Kier alpha value is -1.65. The number of rotatable bonds is 8. The molecule has 0 atom stereocenters. The molecule has 5 heteroatoms. The number of amides is 1. The molecule has 2 N–H and O–H groups in total. The molecule has 0 bridgehead atoms. The van der Waals surface area contributed by atoms with Crippen molar-refractivity contribution in [2.75, 3.05) is 18.4 Å². The predicted molar refractivity (Wildman–Crippen MR) is 81.8 cm³/mol. The minimum Gasteiger partial charge on any atom is -0.369 e. The van der Waals surface area contributed by atoms with E-state index in [0.717, 1.165) is 19.4 Å². The van der Waals surface area contributed by atoms with Gasteiger partial charge in [0.1, 0.15) is 11.5 Å². The predicted octanol–water partition coefficient (Wildman–Crippen LogP) is 2.71. The van der Waals surface area contributed by atoms with E-state index in [1.807, 2.05) is 0 Å². The van der Waals surface area contributed by atoms with Gasteiger partial charge in [0.05, 0.1) is 12.4 Å². The number of aromatic nitrogens is 2. The van der Waals surface area contributed by atoms with Gasteiger partial charge in [-0.3, -0.25) is 4.79 Å². The summed E-state index contributed by atoms with van der Waals surface area (Å²) in [6, 6.07) is 0. The lowest BCUT2D eigenvalue weighted by Gasteiger charge is -2.08. The zero-order chi connectivity index (χ0) is 15.0. The van der Waals surface area contributed by atoms with Crippen molar-refractivity contribution in [2.24, 2.45) is 11.8 Å². The third kappa shape index (κ3) is 6.50. The van der Waals surface area contributed by atoms with Gasteiger partial charge in [-0.05, 0) is 24.7 Å². The van der Waals surface area contributed by atoms with Crippen molar-refractivity contribution in [3.63, 3.8) is 0 Å². The van der Waals surface area contributed by atoms with Crippen molar-refractivity contribution in [3.05, 3.63) is 18.1 Å². The lowest BCUT2D eigenvalue weighted by molar-refractivity contribution is 0.0946. The second-order valence-electron chi connectivity index (χ2n) is 5.83.